The summed E-state index contributed by atoms with van der Waals surface area (Å²) in [4.78, 5) is 32.4. The highest BCUT2D eigenvalue weighted by atomic mass is 35.5. The van der Waals surface area contributed by atoms with Gasteiger partial charge in [0.05, 0.1) is 0 Å². The average Bonchev–Trinajstić information content (AvgIpc) is 2.27. The number of rotatable bonds is 6. The Morgan fingerprint density at radius 2 is 1.78 bits per heavy atom. The Kier molecular flexibility index (Phi) is 7.62. The molecule has 7 heteroatoms. The summed E-state index contributed by atoms with van der Waals surface area (Å²) in [5, 5.41) is 0. The predicted octanol–water partition coefficient (Wildman–Crippen LogP) is 2.15. The third-order valence-electron chi connectivity index (χ3n) is 1.79. The summed E-state index contributed by atoms with van der Waals surface area (Å²) in [6.45, 7) is 6.60. The van der Waals surface area contributed by atoms with E-state index in [-0.39, 0.29) is 12.0 Å². The van der Waals surface area contributed by atoms with Crippen LogP contribution < -0.4 is 0 Å². The van der Waals surface area contributed by atoms with Gasteiger partial charge in [-0.1, -0.05) is 43.1 Å². The van der Waals surface area contributed by atoms with Crippen LogP contribution in [0, 0.1) is 0 Å². The van der Waals surface area contributed by atoms with Crippen molar-refractivity contribution in [2.24, 2.45) is 0 Å². The zero-order valence-electron chi connectivity index (χ0n) is 10.1. The lowest BCUT2D eigenvalue weighted by Gasteiger charge is -2.15. The Morgan fingerprint density at radius 1 is 1.22 bits per heavy atom. The summed E-state index contributed by atoms with van der Waals surface area (Å²) in [5.74, 6) is -2.83. The van der Waals surface area contributed by atoms with E-state index in [9.17, 15) is 14.4 Å². The van der Waals surface area contributed by atoms with Crippen molar-refractivity contribution in [3.8, 4) is 0 Å². The molecule has 18 heavy (non-hydrogen) atoms. The summed E-state index contributed by atoms with van der Waals surface area (Å²) < 4.78 is 9.20. The van der Waals surface area contributed by atoms with Crippen LogP contribution in [0.4, 0.5) is 0 Å². The molecule has 0 saturated carbocycles. The number of ether oxygens (including phenoxy) is 2. The maximum atomic E-state index is 11.5. The molecule has 1 unspecified atom stereocenters. The fourth-order valence-corrected chi connectivity index (χ4v) is 1.02. The maximum absolute atomic E-state index is 11.5. The van der Waals surface area contributed by atoms with Crippen molar-refractivity contribution in [1.29, 1.82) is 0 Å². The summed E-state index contributed by atoms with van der Waals surface area (Å²) in [5.41, 5.74) is 0.141. The highest BCUT2D eigenvalue weighted by molar-refractivity contribution is 6.53. The number of hydrogen-bond acceptors (Lipinski definition) is 5. The van der Waals surface area contributed by atoms with Gasteiger partial charge in [-0.05, 0) is 13.3 Å². The molecule has 0 aliphatic heterocycles. The third kappa shape index (κ3) is 6.02. The average molecular weight is 297 g/mol. The van der Waals surface area contributed by atoms with Gasteiger partial charge in [-0.25, -0.2) is 14.4 Å². The van der Waals surface area contributed by atoms with Gasteiger partial charge in [-0.3, -0.25) is 0 Å². The minimum Gasteiger partial charge on any atom is -0.447 e. The second-order valence-corrected chi connectivity index (χ2v) is 4.60. The van der Waals surface area contributed by atoms with Gasteiger partial charge in [0.2, 0.25) is 4.84 Å². The van der Waals surface area contributed by atoms with E-state index in [0.29, 0.717) is 6.42 Å². The van der Waals surface area contributed by atoms with Gasteiger partial charge in [0, 0.05) is 5.57 Å². The summed E-state index contributed by atoms with van der Waals surface area (Å²) in [7, 11) is 0. The van der Waals surface area contributed by atoms with E-state index < -0.39 is 28.8 Å². The van der Waals surface area contributed by atoms with Crippen LogP contribution in [0.25, 0.3) is 0 Å². The van der Waals surface area contributed by atoms with Gasteiger partial charge in [-0.15, -0.1) is 0 Å². The molecule has 0 amide bonds. The quantitative estimate of drug-likeness (QED) is 0.325. The largest absolute Gasteiger partial charge is 0.447 e. The molecule has 0 aromatic carbocycles. The molecule has 5 nitrogen and oxygen atoms in total. The first-order valence-corrected chi connectivity index (χ1v) is 6.07. The Morgan fingerprint density at radius 3 is 2.17 bits per heavy atom. The molecule has 0 aliphatic carbocycles. The van der Waals surface area contributed by atoms with Crippen molar-refractivity contribution >= 4 is 41.1 Å². The molecule has 0 radical (unpaired) electrons. The van der Waals surface area contributed by atoms with E-state index in [4.69, 9.17) is 27.9 Å². The summed E-state index contributed by atoms with van der Waals surface area (Å²) >= 11 is 10.5. The maximum Gasteiger partial charge on any atom is 0.355 e. The smallest absolute Gasteiger partial charge is 0.355 e. The second kappa shape index (κ2) is 8.11. The number of halogens is 2. The van der Waals surface area contributed by atoms with Crippen molar-refractivity contribution in [3.05, 3.63) is 12.2 Å². The minimum absolute atomic E-state index is 0.141. The van der Waals surface area contributed by atoms with E-state index in [1.54, 1.807) is 6.92 Å². The lowest BCUT2D eigenvalue weighted by Crippen LogP contribution is -2.32. The lowest BCUT2D eigenvalue weighted by atomic mass is 10.2. The molecule has 1 atom stereocenters. The summed E-state index contributed by atoms with van der Waals surface area (Å²) in [6, 6.07) is 0. The Bertz CT molecular complexity index is 351. The molecule has 0 heterocycles. The number of esters is 3. The highest BCUT2D eigenvalue weighted by Gasteiger charge is 2.28. The molecular weight excluding hydrogens is 283 g/mol. The standard InChI is InChI=1S/C11H14Cl2O5/c1-4-5-7(17-9(14)6(2)3)10(15)18-11(16)8(12)13/h7-8H,2,4-5H2,1,3H3. The Balaban J connectivity index is 4.59. The summed E-state index contributed by atoms with van der Waals surface area (Å²) in [6.07, 6.45) is -0.390. The molecule has 0 bridgehead atoms. The van der Waals surface area contributed by atoms with Crippen LogP contribution >= 0.6 is 23.2 Å². The van der Waals surface area contributed by atoms with E-state index in [2.05, 4.69) is 11.3 Å². The van der Waals surface area contributed by atoms with Gasteiger partial charge in [-0.2, -0.15) is 0 Å². The molecule has 0 rings (SSSR count). The van der Waals surface area contributed by atoms with Crippen LogP contribution in [0.2, 0.25) is 0 Å². The second-order valence-electron chi connectivity index (χ2n) is 3.50. The zero-order chi connectivity index (χ0) is 14.3. The minimum atomic E-state index is -1.46. The van der Waals surface area contributed by atoms with Crippen molar-refractivity contribution < 1.29 is 23.9 Å². The van der Waals surface area contributed by atoms with Gasteiger partial charge in [0.15, 0.2) is 6.10 Å². The van der Waals surface area contributed by atoms with Crippen LogP contribution in [-0.2, 0) is 23.9 Å². The monoisotopic (exact) mass is 296 g/mol. The van der Waals surface area contributed by atoms with Gasteiger partial charge < -0.3 is 9.47 Å². The number of alkyl halides is 2. The molecule has 0 fully saturated rings. The fourth-order valence-electron chi connectivity index (χ4n) is 0.926. The third-order valence-corrected chi connectivity index (χ3v) is 2.15. The first-order valence-electron chi connectivity index (χ1n) is 5.19. The van der Waals surface area contributed by atoms with Crippen LogP contribution in [0.5, 0.6) is 0 Å². The SMILES string of the molecule is C=C(C)C(=O)OC(CCC)C(=O)OC(=O)C(Cl)Cl. The van der Waals surface area contributed by atoms with Crippen LogP contribution in [0.1, 0.15) is 26.7 Å². The topological polar surface area (TPSA) is 69.7 Å². The molecular formula is C11H14Cl2O5. The molecule has 0 spiro atoms. The van der Waals surface area contributed by atoms with Crippen LogP contribution in [0.15, 0.2) is 12.2 Å². The molecule has 0 N–H and O–H groups in total. The predicted molar refractivity (Wildman–Crippen MR) is 66.2 cm³/mol. The van der Waals surface area contributed by atoms with Crippen molar-refractivity contribution in [2.75, 3.05) is 0 Å². The van der Waals surface area contributed by atoms with Gasteiger partial charge in [0.25, 0.3) is 0 Å². The van der Waals surface area contributed by atoms with Crippen LogP contribution in [0.3, 0.4) is 0 Å². The number of carbonyl (C=O) groups excluding carboxylic acids is 3. The normalized spacial score (nSPS) is 11.8. The molecule has 0 aromatic rings. The van der Waals surface area contributed by atoms with E-state index in [0.717, 1.165) is 0 Å². The molecule has 102 valence electrons. The molecule has 0 aliphatic rings. The molecule has 0 saturated heterocycles. The highest BCUT2D eigenvalue weighted by Crippen LogP contribution is 2.10. The van der Waals surface area contributed by atoms with Crippen molar-refractivity contribution in [1.82, 2.24) is 0 Å². The lowest BCUT2D eigenvalue weighted by molar-refractivity contribution is -0.172. The van der Waals surface area contributed by atoms with E-state index >= 15 is 0 Å². The molecule has 0 aromatic heterocycles. The Labute approximate surface area is 115 Å². The van der Waals surface area contributed by atoms with E-state index in [1.165, 1.54) is 6.92 Å². The van der Waals surface area contributed by atoms with Crippen molar-refractivity contribution in [2.45, 2.75) is 37.6 Å². The van der Waals surface area contributed by atoms with E-state index in [1.807, 2.05) is 0 Å². The number of carbonyl (C=O) groups is 3. The van der Waals surface area contributed by atoms with Gasteiger partial charge in [0.1, 0.15) is 0 Å². The zero-order valence-corrected chi connectivity index (χ0v) is 11.6. The Hall–Kier alpha value is -1.07. The first-order chi connectivity index (χ1) is 8.29. The number of hydrogen-bond donors (Lipinski definition) is 0. The fraction of sp³-hybridized carbons (Fsp3) is 0.545. The van der Waals surface area contributed by atoms with Crippen LogP contribution in [-0.4, -0.2) is 28.8 Å². The van der Waals surface area contributed by atoms with Gasteiger partial charge >= 0.3 is 17.9 Å². The first kappa shape index (κ1) is 16.9. The van der Waals surface area contributed by atoms with Crippen molar-refractivity contribution in [3.63, 3.8) is 0 Å².